The summed E-state index contributed by atoms with van der Waals surface area (Å²) in [4.78, 5) is 15.2. The van der Waals surface area contributed by atoms with Gasteiger partial charge in [-0.15, -0.1) is 0 Å². The topological polar surface area (TPSA) is 77.5 Å². The molecule has 0 spiro atoms. The molecule has 3 aromatic rings. The van der Waals surface area contributed by atoms with Crippen LogP contribution < -0.4 is 5.43 Å². The number of nitrogens with one attached hydrogen (secondary N) is 2. The first-order valence-electron chi connectivity index (χ1n) is 7.09. The first-order valence-corrected chi connectivity index (χ1v) is 8.68. The number of benzene rings is 2. The van der Waals surface area contributed by atoms with Gasteiger partial charge in [0.15, 0.2) is 0 Å². The van der Waals surface area contributed by atoms with Crippen molar-refractivity contribution in [3.63, 3.8) is 0 Å². The Labute approximate surface area is 155 Å². The van der Waals surface area contributed by atoms with Gasteiger partial charge >= 0.3 is 0 Å². The highest BCUT2D eigenvalue weighted by molar-refractivity contribution is 9.11. The van der Waals surface area contributed by atoms with Gasteiger partial charge in [-0.25, -0.2) is 5.43 Å². The molecule has 1 heterocycles. The number of carbonyl (C=O) groups is 1. The van der Waals surface area contributed by atoms with Crippen molar-refractivity contribution in [1.29, 1.82) is 0 Å². The van der Waals surface area contributed by atoms with Crippen molar-refractivity contribution >= 4 is 54.9 Å². The number of hydrogen-bond acceptors (Lipinski definition) is 3. The highest BCUT2D eigenvalue weighted by Crippen LogP contribution is 2.30. The number of amides is 1. The molecule has 0 aliphatic rings. The number of aromatic nitrogens is 1. The zero-order valence-electron chi connectivity index (χ0n) is 12.4. The summed E-state index contributed by atoms with van der Waals surface area (Å²) in [5.41, 5.74) is 4.87. The first kappa shape index (κ1) is 16.7. The Hall–Kier alpha value is -2.12. The minimum Gasteiger partial charge on any atom is -0.506 e. The molecule has 3 rings (SSSR count). The summed E-state index contributed by atoms with van der Waals surface area (Å²) in [5, 5.41) is 14.9. The summed E-state index contributed by atoms with van der Waals surface area (Å²) in [6.45, 7) is 0. The quantitative estimate of drug-likeness (QED) is 0.413. The summed E-state index contributed by atoms with van der Waals surface area (Å²) in [6.07, 6.45) is 3.44. The second-order valence-corrected chi connectivity index (χ2v) is 6.92. The van der Waals surface area contributed by atoms with Crippen molar-refractivity contribution in [2.45, 2.75) is 6.42 Å². The molecule has 0 bridgehead atoms. The van der Waals surface area contributed by atoms with Gasteiger partial charge in [-0.1, -0.05) is 34.1 Å². The van der Waals surface area contributed by atoms with E-state index in [1.165, 1.54) is 6.21 Å². The van der Waals surface area contributed by atoms with Crippen LogP contribution in [0, 0.1) is 0 Å². The van der Waals surface area contributed by atoms with E-state index in [9.17, 15) is 9.90 Å². The van der Waals surface area contributed by atoms with Crippen LogP contribution in [-0.4, -0.2) is 22.2 Å². The number of phenols is 1. The maximum Gasteiger partial charge on any atom is 0.244 e. The smallest absolute Gasteiger partial charge is 0.244 e. The van der Waals surface area contributed by atoms with E-state index in [1.807, 2.05) is 30.5 Å². The van der Waals surface area contributed by atoms with Crippen LogP contribution in [0.4, 0.5) is 0 Å². The molecular weight excluding hydrogens is 438 g/mol. The van der Waals surface area contributed by atoms with Gasteiger partial charge in [0.05, 0.1) is 17.1 Å². The van der Waals surface area contributed by atoms with Gasteiger partial charge < -0.3 is 10.1 Å². The Morgan fingerprint density at radius 3 is 2.92 bits per heavy atom. The summed E-state index contributed by atoms with van der Waals surface area (Å²) >= 11 is 6.59. The Balaban J connectivity index is 1.68. The van der Waals surface area contributed by atoms with Gasteiger partial charge in [0.2, 0.25) is 5.91 Å². The zero-order chi connectivity index (χ0) is 17.1. The number of rotatable bonds is 4. The third-order valence-electron chi connectivity index (χ3n) is 3.48. The standard InChI is InChI=1S/C17H13Br2N3O2/c18-12-5-11(17(24)14(19)7-12)9-21-22-16(23)6-10-8-20-15-4-2-1-3-13(10)15/h1-5,7-9,20,24H,6H2,(H,22,23). The maximum absolute atomic E-state index is 12.0. The average molecular weight is 451 g/mol. The van der Waals surface area contributed by atoms with E-state index in [2.05, 4.69) is 47.4 Å². The number of hydrogen-bond donors (Lipinski definition) is 3. The van der Waals surface area contributed by atoms with E-state index in [-0.39, 0.29) is 18.1 Å². The molecule has 0 unspecified atom stereocenters. The minimum absolute atomic E-state index is 0.0628. The van der Waals surface area contributed by atoms with Gasteiger partial charge in [0.25, 0.3) is 0 Å². The molecule has 0 atom stereocenters. The summed E-state index contributed by atoms with van der Waals surface area (Å²) in [6, 6.07) is 11.2. The molecule has 1 aromatic heterocycles. The number of hydrazone groups is 1. The van der Waals surface area contributed by atoms with Crippen molar-refractivity contribution in [3.05, 3.63) is 62.7 Å². The molecule has 0 aliphatic carbocycles. The molecule has 0 saturated carbocycles. The molecule has 122 valence electrons. The molecule has 0 radical (unpaired) electrons. The molecular formula is C17H13Br2N3O2. The summed E-state index contributed by atoms with van der Waals surface area (Å²) < 4.78 is 1.34. The van der Waals surface area contributed by atoms with E-state index >= 15 is 0 Å². The number of nitrogens with zero attached hydrogens (tertiary/aromatic N) is 1. The van der Waals surface area contributed by atoms with Gasteiger partial charge in [-0.05, 0) is 39.7 Å². The van der Waals surface area contributed by atoms with Crippen molar-refractivity contribution in [2.75, 3.05) is 0 Å². The fourth-order valence-electron chi connectivity index (χ4n) is 2.35. The van der Waals surface area contributed by atoms with Crippen molar-refractivity contribution in [1.82, 2.24) is 10.4 Å². The summed E-state index contributed by atoms with van der Waals surface area (Å²) in [5.74, 6) is -0.169. The third-order valence-corrected chi connectivity index (χ3v) is 4.54. The van der Waals surface area contributed by atoms with E-state index < -0.39 is 0 Å². The van der Waals surface area contributed by atoms with E-state index in [0.29, 0.717) is 10.0 Å². The molecule has 0 aliphatic heterocycles. The number of aromatic hydroxyl groups is 1. The molecule has 5 nitrogen and oxygen atoms in total. The number of halogens is 2. The fraction of sp³-hybridized carbons (Fsp3) is 0.0588. The van der Waals surface area contributed by atoms with E-state index in [0.717, 1.165) is 20.9 Å². The number of phenolic OH excluding ortho intramolecular Hbond substituents is 1. The molecule has 0 saturated heterocycles. The number of para-hydroxylation sites is 1. The lowest BCUT2D eigenvalue weighted by Gasteiger charge is -2.03. The van der Waals surface area contributed by atoms with Crippen molar-refractivity contribution in [2.24, 2.45) is 5.10 Å². The van der Waals surface area contributed by atoms with Crippen LogP contribution >= 0.6 is 31.9 Å². The third kappa shape index (κ3) is 3.68. The van der Waals surface area contributed by atoms with Crippen LogP contribution in [0.5, 0.6) is 5.75 Å². The zero-order valence-corrected chi connectivity index (χ0v) is 15.6. The molecule has 24 heavy (non-hydrogen) atoms. The molecule has 2 aromatic carbocycles. The van der Waals surface area contributed by atoms with Gasteiger partial charge in [-0.2, -0.15) is 5.10 Å². The lowest BCUT2D eigenvalue weighted by Crippen LogP contribution is -2.19. The largest absolute Gasteiger partial charge is 0.506 e. The fourth-order valence-corrected chi connectivity index (χ4v) is 3.61. The molecule has 7 heteroatoms. The maximum atomic E-state index is 12.0. The number of aromatic amines is 1. The number of carbonyl (C=O) groups excluding carboxylic acids is 1. The van der Waals surface area contributed by atoms with Crippen LogP contribution in [0.15, 0.2) is 56.6 Å². The second-order valence-electron chi connectivity index (χ2n) is 5.15. The predicted octanol–water partition coefficient (Wildman–Crippen LogP) is 4.09. The van der Waals surface area contributed by atoms with Crippen LogP contribution in [0.25, 0.3) is 10.9 Å². The number of H-pyrrole nitrogens is 1. The van der Waals surface area contributed by atoms with Crippen LogP contribution in [0.1, 0.15) is 11.1 Å². The molecule has 3 N–H and O–H groups in total. The van der Waals surface area contributed by atoms with Gasteiger partial charge in [0, 0.05) is 27.1 Å². The van der Waals surface area contributed by atoms with Crippen LogP contribution in [0.3, 0.4) is 0 Å². The average Bonchev–Trinajstić information content (AvgIpc) is 2.95. The van der Waals surface area contributed by atoms with Crippen molar-refractivity contribution < 1.29 is 9.90 Å². The normalized spacial score (nSPS) is 11.2. The van der Waals surface area contributed by atoms with E-state index in [1.54, 1.807) is 12.1 Å². The molecule has 1 amide bonds. The highest BCUT2D eigenvalue weighted by atomic mass is 79.9. The highest BCUT2D eigenvalue weighted by Gasteiger charge is 2.08. The first-order chi connectivity index (χ1) is 11.5. The summed E-state index contributed by atoms with van der Waals surface area (Å²) in [7, 11) is 0. The lowest BCUT2D eigenvalue weighted by atomic mass is 10.1. The van der Waals surface area contributed by atoms with Gasteiger partial charge in [-0.3, -0.25) is 4.79 Å². The molecule has 0 fully saturated rings. The van der Waals surface area contributed by atoms with Crippen LogP contribution in [0.2, 0.25) is 0 Å². The van der Waals surface area contributed by atoms with Crippen LogP contribution in [-0.2, 0) is 11.2 Å². The Bertz CT molecular complexity index is 935. The van der Waals surface area contributed by atoms with Crippen molar-refractivity contribution in [3.8, 4) is 5.75 Å². The predicted molar refractivity (Wildman–Crippen MR) is 101 cm³/mol. The monoisotopic (exact) mass is 449 g/mol. The second kappa shape index (κ2) is 7.19. The Morgan fingerprint density at radius 2 is 2.08 bits per heavy atom. The Kier molecular flexibility index (Phi) is 5.01. The minimum atomic E-state index is -0.232. The van der Waals surface area contributed by atoms with Gasteiger partial charge in [0.1, 0.15) is 5.75 Å². The SMILES string of the molecule is O=C(Cc1c[nH]c2ccccc12)NN=Cc1cc(Br)cc(Br)c1O. The number of fused-ring (bicyclic) bond motifs is 1. The van der Waals surface area contributed by atoms with E-state index in [4.69, 9.17) is 0 Å². The lowest BCUT2D eigenvalue weighted by molar-refractivity contribution is -0.120. The Morgan fingerprint density at radius 1 is 1.29 bits per heavy atom.